The average molecular weight is 391 g/mol. The van der Waals surface area contributed by atoms with E-state index in [9.17, 15) is 0 Å². The third-order valence-electron chi connectivity index (χ3n) is 5.55. The van der Waals surface area contributed by atoms with Gasteiger partial charge in [0.2, 0.25) is 0 Å². The van der Waals surface area contributed by atoms with E-state index in [0.717, 1.165) is 56.4 Å². The summed E-state index contributed by atoms with van der Waals surface area (Å²) in [5, 5.41) is 3.52. The molecule has 0 saturated carbocycles. The number of hydrogen-bond donors (Lipinski definition) is 1. The van der Waals surface area contributed by atoms with Crippen LogP contribution in [0.3, 0.4) is 0 Å². The van der Waals surface area contributed by atoms with E-state index in [1.54, 1.807) is 0 Å². The second-order valence-corrected chi connectivity index (χ2v) is 7.69. The molecule has 1 aliphatic heterocycles. The molecule has 1 N–H and O–H groups in total. The fraction of sp³-hybridized carbons (Fsp3) is 0.391. The highest BCUT2D eigenvalue weighted by Gasteiger charge is 2.19. The summed E-state index contributed by atoms with van der Waals surface area (Å²) in [6, 6.07) is 12.9. The van der Waals surface area contributed by atoms with Gasteiger partial charge in [0, 0.05) is 64.3 Å². The number of aryl methyl sites for hydroxylation is 2. The lowest BCUT2D eigenvalue weighted by molar-refractivity contribution is 0.373. The van der Waals surface area contributed by atoms with E-state index in [1.165, 1.54) is 16.8 Å². The summed E-state index contributed by atoms with van der Waals surface area (Å²) >= 11 is 0. The Balaban J connectivity index is 1.30. The third kappa shape index (κ3) is 4.36. The third-order valence-corrected chi connectivity index (χ3v) is 5.55. The van der Waals surface area contributed by atoms with Crippen LogP contribution >= 0.6 is 0 Å². The zero-order valence-electron chi connectivity index (χ0n) is 17.6. The SMILES string of the molecule is CN=C(NCCc1cn2cccc(C)c2n1)N1CCN(c2cccc(C)c2)CC1. The number of aromatic nitrogens is 2. The highest BCUT2D eigenvalue weighted by atomic mass is 15.3. The number of fused-ring (bicyclic) bond motifs is 1. The molecular weight excluding hydrogens is 360 g/mol. The van der Waals surface area contributed by atoms with Crippen LogP contribution in [0.4, 0.5) is 5.69 Å². The van der Waals surface area contributed by atoms with Gasteiger partial charge in [0.05, 0.1) is 5.69 Å². The zero-order chi connectivity index (χ0) is 20.2. The number of nitrogens with zero attached hydrogens (tertiary/aromatic N) is 5. The monoisotopic (exact) mass is 390 g/mol. The molecule has 0 atom stereocenters. The van der Waals surface area contributed by atoms with Crippen LogP contribution in [-0.2, 0) is 6.42 Å². The van der Waals surface area contributed by atoms with Crippen LogP contribution < -0.4 is 10.2 Å². The molecule has 1 saturated heterocycles. The van der Waals surface area contributed by atoms with Gasteiger partial charge in [-0.05, 0) is 43.2 Å². The van der Waals surface area contributed by atoms with Crippen LogP contribution in [0.25, 0.3) is 5.65 Å². The van der Waals surface area contributed by atoms with Crippen LogP contribution in [0.5, 0.6) is 0 Å². The Morgan fingerprint density at radius 1 is 1.10 bits per heavy atom. The second-order valence-electron chi connectivity index (χ2n) is 7.69. The Hall–Kier alpha value is -3.02. The number of nitrogens with one attached hydrogen (secondary N) is 1. The zero-order valence-corrected chi connectivity index (χ0v) is 17.6. The van der Waals surface area contributed by atoms with Gasteiger partial charge in [0.25, 0.3) is 0 Å². The lowest BCUT2D eigenvalue weighted by Gasteiger charge is -2.37. The van der Waals surface area contributed by atoms with Crippen LogP contribution in [-0.4, -0.2) is 60.0 Å². The molecular formula is C23H30N6. The molecule has 0 unspecified atom stereocenters. The molecule has 1 aromatic carbocycles. The van der Waals surface area contributed by atoms with Gasteiger partial charge < -0.3 is 19.5 Å². The quantitative estimate of drug-likeness (QED) is 0.550. The Morgan fingerprint density at radius 2 is 1.93 bits per heavy atom. The number of imidazole rings is 1. The molecule has 1 aliphatic rings. The molecule has 6 heteroatoms. The highest BCUT2D eigenvalue weighted by Crippen LogP contribution is 2.18. The maximum absolute atomic E-state index is 4.76. The van der Waals surface area contributed by atoms with E-state index in [4.69, 9.17) is 4.98 Å². The first-order valence-corrected chi connectivity index (χ1v) is 10.3. The molecule has 29 heavy (non-hydrogen) atoms. The van der Waals surface area contributed by atoms with Crippen LogP contribution in [0, 0.1) is 13.8 Å². The van der Waals surface area contributed by atoms with Crippen LogP contribution in [0.2, 0.25) is 0 Å². The summed E-state index contributed by atoms with van der Waals surface area (Å²) in [5.74, 6) is 0.980. The fourth-order valence-corrected chi connectivity index (χ4v) is 3.96. The number of anilines is 1. The van der Waals surface area contributed by atoms with Crippen molar-refractivity contribution in [1.29, 1.82) is 0 Å². The Morgan fingerprint density at radius 3 is 2.66 bits per heavy atom. The molecule has 0 amide bonds. The molecule has 6 nitrogen and oxygen atoms in total. The van der Waals surface area contributed by atoms with Crippen molar-refractivity contribution >= 4 is 17.3 Å². The minimum Gasteiger partial charge on any atom is -0.368 e. The largest absolute Gasteiger partial charge is 0.368 e. The predicted octanol–water partition coefficient (Wildman–Crippen LogP) is 2.89. The molecule has 1 fully saturated rings. The van der Waals surface area contributed by atoms with Crippen molar-refractivity contribution in [2.75, 3.05) is 44.7 Å². The van der Waals surface area contributed by atoms with Crippen molar-refractivity contribution in [2.45, 2.75) is 20.3 Å². The summed E-state index contributed by atoms with van der Waals surface area (Å²) in [5.41, 5.74) is 5.97. The molecule has 4 rings (SSSR count). The van der Waals surface area contributed by atoms with E-state index in [1.807, 2.05) is 7.05 Å². The van der Waals surface area contributed by atoms with Gasteiger partial charge in [-0.25, -0.2) is 4.98 Å². The fourth-order valence-electron chi connectivity index (χ4n) is 3.96. The Kier molecular flexibility index (Phi) is 5.69. The molecule has 152 valence electrons. The molecule has 0 bridgehead atoms. The minimum absolute atomic E-state index is 0.827. The average Bonchev–Trinajstić information content (AvgIpc) is 3.16. The summed E-state index contributed by atoms with van der Waals surface area (Å²) in [6.45, 7) is 9.04. The first-order valence-electron chi connectivity index (χ1n) is 10.3. The van der Waals surface area contributed by atoms with Crippen LogP contribution in [0.15, 0.2) is 53.8 Å². The number of piperazine rings is 1. The lowest BCUT2D eigenvalue weighted by atomic mass is 10.2. The van der Waals surface area contributed by atoms with E-state index in [-0.39, 0.29) is 0 Å². The minimum atomic E-state index is 0.827. The first kappa shape index (κ1) is 19.3. The predicted molar refractivity (Wildman–Crippen MR) is 120 cm³/mol. The molecule has 2 aromatic heterocycles. The van der Waals surface area contributed by atoms with Gasteiger partial charge in [-0.3, -0.25) is 4.99 Å². The van der Waals surface area contributed by atoms with E-state index in [0.29, 0.717) is 0 Å². The molecule has 0 radical (unpaired) electrons. The Labute approximate surface area is 172 Å². The van der Waals surface area contributed by atoms with Crippen molar-refractivity contribution in [3.05, 3.63) is 65.6 Å². The summed E-state index contributed by atoms with van der Waals surface area (Å²) in [4.78, 5) is 14.1. The summed E-state index contributed by atoms with van der Waals surface area (Å²) in [6.07, 6.45) is 5.05. The van der Waals surface area contributed by atoms with Gasteiger partial charge >= 0.3 is 0 Å². The molecule has 3 aromatic rings. The van der Waals surface area contributed by atoms with E-state index in [2.05, 4.69) is 87.1 Å². The summed E-state index contributed by atoms with van der Waals surface area (Å²) < 4.78 is 2.10. The van der Waals surface area contributed by atoms with Crippen molar-refractivity contribution in [1.82, 2.24) is 19.6 Å². The van der Waals surface area contributed by atoms with Gasteiger partial charge in [-0.1, -0.05) is 18.2 Å². The molecule has 3 heterocycles. The van der Waals surface area contributed by atoms with Gasteiger partial charge in [-0.15, -0.1) is 0 Å². The highest BCUT2D eigenvalue weighted by molar-refractivity contribution is 5.80. The standard InChI is InChI=1S/C23H30N6/c1-18-6-4-8-21(16-18)27-12-14-28(15-13-27)23(24-3)25-10-9-20-17-29-11-5-7-19(2)22(29)26-20/h4-8,11,16-17H,9-10,12-15H2,1-3H3,(H,24,25). The number of benzene rings is 1. The number of rotatable bonds is 4. The van der Waals surface area contributed by atoms with Crippen molar-refractivity contribution in [3.63, 3.8) is 0 Å². The van der Waals surface area contributed by atoms with Gasteiger partial charge in [0.15, 0.2) is 5.96 Å². The van der Waals surface area contributed by atoms with Crippen molar-refractivity contribution in [3.8, 4) is 0 Å². The van der Waals surface area contributed by atoms with Crippen molar-refractivity contribution < 1.29 is 0 Å². The maximum atomic E-state index is 4.76. The second kappa shape index (κ2) is 8.55. The summed E-state index contributed by atoms with van der Waals surface area (Å²) in [7, 11) is 1.86. The number of aliphatic imine (C=N–C) groups is 1. The van der Waals surface area contributed by atoms with E-state index < -0.39 is 0 Å². The maximum Gasteiger partial charge on any atom is 0.193 e. The van der Waals surface area contributed by atoms with E-state index >= 15 is 0 Å². The Bertz CT molecular complexity index is 998. The number of guanidine groups is 1. The lowest BCUT2D eigenvalue weighted by Crippen LogP contribution is -2.52. The molecule has 0 aliphatic carbocycles. The van der Waals surface area contributed by atoms with Crippen LogP contribution in [0.1, 0.15) is 16.8 Å². The number of pyridine rings is 1. The molecule has 0 spiro atoms. The first-order chi connectivity index (χ1) is 14.1. The topological polar surface area (TPSA) is 48.2 Å². The van der Waals surface area contributed by atoms with Gasteiger partial charge in [0.1, 0.15) is 5.65 Å². The normalized spacial score (nSPS) is 15.2. The number of hydrogen-bond acceptors (Lipinski definition) is 3. The smallest absolute Gasteiger partial charge is 0.193 e. The van der Waals surface area contributed by atoms with Crippen molar-refractivity contribution in [2.24, 2.45) is 4.99 Å². The van der Waals surface area contributed by atoms with Gasteiger partial charge in [-0.2, -0.15) is 0 Å².